The van der Waals surface area contributed by atoms with Gasteiger partial charge in [0.1, 0.15) is 11.8 Å². The number of benzene rings is 1. The molecule has 0 radical (unpaired) electrons. The van der Waals surface area contributed by atoms with E-state index in [0.29, 0.717) is 0 Å². The number of rotatable bonds is 2. The van der Waals surface area contributed by atoms with Crippen molar-refractivity contribution >= 4 is 5.69 Å². The molecule has 1 aromatic carbocycles. The molecule has 1 aliphatic heterocycles. The van der Waals surface area contributed by atoms with Crippen LogP contribution in [0.15, 0.2) is 24.3 Å². The van der Waals surface area contributed by atoms with Gasteiger partial charge in [-0.25, -0.2) is 0 Å². The highest BCUT2D eigenvalue weighted by molar-refractivity contribution is 5.51. The van der Waals surface area contributed by atoms with E-state index in [1.165, 1.54) is 12.1 Å². The Bertz CT molecular complexity index is 437. The summed E-state index contributed by atoms with van der Waals surface area (Å²) in [6, 6.07) is 6.21. The maximum Gasteiger partial charge on any atom is 0.145 e. The van der Waals surface area contributed by atoms with Crippen molar-refractivity contribution in [2.45, 2.75) is 6.08 Å². The number of hydrogen-bond acceptors (Lipinski definition) is 3. The van der Waals surface area contributed by atoms with Crippen LogP contribution >= 0.6 is 0 Å². The van der Waals surface area contributed by atoms with E-state index in [1.54, 1.807) is 12.1 Å². The summed E-state index contributed by atoms with van der Waals surface area (Å²) in [5.74, 6) is 0.0542. The van der Waals surface area contributed by atoms with Gasteiger partial charge in [-0.2, -0.15) is 0 Å². The Hall–Kier alpha value is -1.22. The van der Waals surface area contributed by atoms with Crippen LogP contribution in [0.3, 0.4) is 0 Å². The molecule has 0 atom stereocenters. The minimum absolute atomic E-state index is 0.0542. The molecule has 1 saturated heterocycles. The van der Waals surface area contributed by atoms with E-state index in [0.717, 1.165) is 0 Å². The summed E-state index contributed by atoms with van der Waals surface area (Å²) in [6.07, 6.45) is -2.48. The SMILES string of the molecule is [2H]C1([2H])OC([2H])([2H])C1([2H])Oc1ccccc1N. The molecule has 1 aliphatic rings. The first kappa shape index (κ1) is 3.66. The van der Waals surface area contributed by atoms with Crippen LogP contribution in [-0.2, 0) is 4.74 Å². The van der Waals surface area contributed by atoms with E-state index in [2.05, 4.69) is 4.74 Å². The van der Waals surface area contributed by atoms with Crippen molar-refractivity contribution in [1.82, 2.24) is 0 Å². The molecule has 3 heteroatoms. The topological polar surface area (TPSA) is 44.5 Å². The molecule has 1 fully saturated rings. The maximum absolute atomic E-state index is 7.75. The zero-order chi connectivity index (χ0) is 12.9. The third-order valence-electron chi connectivity index (χ3n) is 1.42. The molecule has 2 rings (SSSR count). The highest BCUT2D eigenvalue weighted by atomic mass is 16.6. The van der Waals surface area contributed by atoms with Gasteiger partial charge in [-0.15, -0.1) is 0 Å². The van der Waals surface area contributed by atoms with Crippen molar-refractivity contribution in [3.63, 3.8) is 0 Å². The molecule has 3 nitrogen and oxygen atoms in total. The summed E-state index contributed by atoms with van der Waals surface area (Å²) in [5.41, 5.74) is 5.80. The smallest absolute Gasteiger partial charge is 0.145 e. The zero-order valence-electron chi connectivity index (χ0n) is 11.2. The van der Waals surface area contributed by atoms with Gasteiger partial charge in [0.2, 0.25) is 0 Å². The average Bonchev–Trinajstić information content (AvgIpc) is 2.19. The Morgan fingerprint density at radius 3 is 3.00 bits per heavy atom. The van der Waals surface area contributed by atoms with Crippen molar-refractivity contribution < 1.29 is 16.3 Å². The van der Waals surface area contributed by atoms with Gasteiger partial charge < -0.3 is 15.2 Å². The van der Waals surface area contributed by atoms with Crippen LogP contribution in [0.2, 0.25) is 0 Å². The fraction of sp³-hybridized carbons (Fsp3) is 0.333. The number of ether oxygens (including phenoxy) is 2. The molecule has 0 unspecified atom stereocenters. The Morgan fingerprint density at radius 1 is 1.58 bits per heavy atom. The molecule has 64 valence electrons. The molecule has 12 heavy (non-hydrogen) atoms. The first-order chi connectivity index (χ1) is 7.70. The fourth-order valence-corrected chi connectivity index (χ4v) is 0.818. The van der Waals surface area contributed by atoms with Gasteiger partial charge in [0, 0.05) is 0 Å². The molecule has 0 saturated carbocycles. The summed E-state index contributed by atoms with van der Waals surface area (Å²) in [5, 5.41) is 0. The molecule has 1 heterocycles. The van der Waals surface area contributed by atoms with Crippen LogP contribution in [0.5, 0.6) is 5.75 Å². The third-order valence-corrected chi connectivity index (χ3v) is 1.42. The number of anilines is 1. The van der Waals surface area contributed by atoms with Gasteiger partial charge in [0.15, 0.2) is 0 Å². The number of para-hydroxylation sites is 2. The highest BCUT2D eigenvalue weighted by Crippen LogP contribution is 2.22. The van der Waals surface area contributed by atoms with Gasteiger partial charge in [-0.1, -0.05) is 12.1 Å². The first-order valence-electron chi connectivity index (χ1n) is 5.93. The number of hydrogen-bond donors (Lipinski definition) is 1. The molecule has 1 aromatic rings. The lowest BCUT2D eigenvalue weighted by Crippen LogP contribution is -2.38. The fourth-order valence-electron chi connectivity index (χ4n) is 0.818. The molecule has 0 amide bonds. The van der Waals surface area contributed by atoms with E-state index in [-0.39, 0.29) is 11.4 Å². The predicted octanol–water partition coefficient (Wildman–Crippen LogP) is 1.05. The van der Waals surface area contributed by atoms with Gasteiger partial charge in [0.05, 0.1) is 25.7 Å². The largest absolute Gasteiger partial charge is 0.483 e. The predicted molar refractivity (Wildman–Crippen MR) is 46.1 cm³/mol. The second-order valence-electron chi connectivity index (χ2n) is 2.28. The van der Waals surface area contributed by atoms with E-state index >= 15 is 0 Å². The zero-order valence-corrected chi connectivity index (χ0v) is 6.20. The summed E-state index contributed by atoms with van der Waals surface area (Å²) >= 11 is 0. The van der Waals surface area contributed by atoms with E-state index in [9.17, 15) is 0 Å². The normalized spacial score (nSPS) is 34.2. The summed E-state index contributed by atoms with van der Waals surface area (Å²) < 4.78 is 46.6. The molecule has 0 aliphatic carbocycles. The van der Waals surface area contributed by atoms with Crippen molar-refractivity contribution in [1.29, 1.82) is 0 Å². The molecular weight excluding hydrogens is 154 g/mol. The summed E-state index contributed by atoms with van der Waals surface area (Å²) in [7, 11) is 0. The Labute approximate surface area is 78.1 Å². The van der Waals surface area contributed by atoms with Crippen molar-refractivity contribution in [3.8, 4) is 5.75 Å². The lowest BCUT2D eigenvalue weighted by molar-refractivity contribution is -0.0793. The van der Waals surface area contributed by atoms with Gasteiger partial charge in [-0.05, 0) is 12.1 Å². The Balaban J connectivity index is 2.32. The van der Waals surface area contributed by atoms with Gasteiger partial charge >= 0.3 is 0 Å². The Kier molecular flexibility index (Phi) is 0.924. The van der Waals surface area contributed by atoms with Crippen LogP contribution in [0.4, 0.5) is 5.69 Å². The second kappa shape index (κ2) is 3.03. The van der Waals surface area contributed by atoms with Crippen LogP contribution in [0, 0.1) is 0 Å². The van der Waals surface area contributed by atoms with E-state index in [4.69, 9.17) is 17.3 Å². The summed E-state index contributed by atoms with van der Waals surface area (Å²) in [6.45, 7) is -5.06. The third kappa shape index (κ3) is 1.36. The van der Waals surface area contributed by atoms with Crippen LogP contribution in [0.25, 0.3) is 0 Å². The van der Waals surface area contributed by atoms with Crippen LogP contribution < -0.4 is 10.5 Å². The number of nitrogens with two attached hydrogens (primary N) is 1. The maximum atomic E-state index is 7.75. The van der Waals surface area contributed by atoms with Crippen molar-refractivity contribution in [2.75, 3.05) is 18.9 Å². The van der Waals surface area contributed by atoms with Crippen molar-refractivity contribution in [2.24, 2.45) is 0 Å². The van der Waals surface area contributed by atoms with Gasteiger partial charge in [0.25, 0.3) is 0 Å². The monoisotopic (exact) mass is 170 g/mol. The Morgan fingerprint density at radius 2 is 2.33 bits per heavy atom. The second-order valence-corrected chi connectivity index (χ2v) is 2.28. The highest BCUT2D eigenvalue weighted by Gasteiger charge is 2.20. The molecule has 0 spiro atoms. The number of nitrogen functional groups attached to an aromatic ring is 1. The van der Waals surface area contributed by atoms with Crippen LogP contribution in [0.1, 0.15) is 6.85 Å². The first-order valence-corrected chi connectivity index (χ1v) is 3.43. The minimum Gasteiger partial charge on any atom is -0.483 e. The molecular formula is C9H11NO2. The minimum atomic E-state index is -2.53. The lowest BCUT2D eigenvalue weighted by atomic mass is 10.3. The van der Waals surface area contributed by atoms with Gasteiger partial charge in [-0.3, -0.25) is 0 Å². The molecule has 0 bridgehead atoms. The lowest BCUT2D eigenvalue weighted by Gasteiger charge is -2.27. The average molecular weight is 170 g/mol. The molecule has 2 N–H and O–H groups in total. The summed E-state index contributed by atoms with van der Waals surface area (Å²) in [4.78, 5) is 0. The quantitative estimate of drug-likeness (QED) is 0.675. The molecule has 0 aromatic heterocycles. The standard InChI is InChI=1S/C9H11NO2/c10-8-3-1-2-4-9(8)12-7-5-11-6-7/h1-4,7H,5-6,10H2/i5D2,6D2,7D. The van der Waals surface area contributed by atoms with E-state index in [1.807, 2.05) is 0 Å². The van der Waals surface area contributed by atoms with E-state index < -0.39 is 19.2 Å². The van der Waals surface area contributed by atoms with Crippen LogP contribution in [-0.4, -0.2) is 19.2 Å². The van der Waals surface area contributed by atoms with Crippen molar-refractivity contribution in [3.05, 3.63) is 24.3 Å².